The first-order valence-corrected chi connectivity index (χ1v) is 7.72. The Morgan fingerprint density at radius 3 is 2.30 bits per heavy atom. The predicted molar refractivity (Wildman–Crippen MR) is 88.7 cm³/mol. The lowest BCUT2D eigenvalue weighted by Gasteiger charge is -2.26. The van der Waals surface area contributed by atoms with E-state index in [9.17, 15) is 19.5 Å². The highest BCUT2D eigenvalue weighted by Gasteiger charge is 2.37. The smallest absolute Gasteiger partial charge is 0.310 e. The first-order chi connectivity index (χ1) is 10.8. The molecule has 0 unspecified atom stereocenters. The molecule has 0 spiro atoms. The molecule has 7 heteroatoms. The van der Waals surface area contributed by atoms with E-state index in [1.807, 2.05) is 0 Å². The Bertz CT molecular complexity index is 612. The maximum atomic E-state index is 12.3. The van der Waals surface area contributed by atoms with Crippen LogP contribution >= 0.6 is 11.6 Å². The number of anilines is 1. The fraction of sp³-hybridized carbons (Fsp3) is 0.438. The van der Waals surface area contributed by atoms with Gasteiger partial charge in [0, 0.05) is 18.5 Å². The van der Waals surface area contributed by atoms with E-state index in [0.29, 0.717) is 17.9 Å². The van der Waals surface area contributed by atoms with E-state index in [1.54, 1.807) is 19.9 Å². The van der Waals surface area contributed by atoms with Gasteiger partial charge in [0.25, 0.3) is 5.91 Å². The van der Waals surface area contributed by atoms with Crippen LogP contribution in [0.1, 0.15) is 43.5 Å². The van der Waals surface area contributed by atoms with Crippen LogP contribution in [0.15, 0.2) is 18.2 Å². The molecular formula is C16H21ClN2O4. The van der Waals surface area contributed by atoms with Crippen molar-refractivity contribution in [1.82, 2.24) is 5.32 Å². The van der Waals surface area contributed by atoms with Gasteiger partial charge in [0.15, 0.2) is 0 Å². The summed E-state index contributed by atoms with van der Waals surface area (Å²) in [5, 5.41) is 14.8. The molecule has 0 fully saturated rings. The highest BCUT2D eigenvalue weighted by atomic mass is 35.5. The Labute approximate surface area is 140 Å². The Kier molecular flexibility index (Phi) is 6.57. The number of carboxylic acid groups (broad SMARTS) is 1. The number of hydrogen-bond donors (Lipinski definition) is 3. The molecule has 3 N–H and O–H groups in total. The number of hydrogen-bond acceptors (Lipinski definition) is 3. The van der Waals surface area contributed by atoms with Crippen LogP contribution in [0.3, 0.4) is 0 Å². The first kappa shape index (κ1) is 19.0. The summed E-state index contributed by atoms with van der Waals surface area (Å²) in [7, 11) is 1.48. The second kappa shape index (κ2) is 7.97. The van der Waals surface area contributed by atoms with Crippen molar-refractivity contribution in [3.05, 3.63) is 28.8 Å². The number of carbonyl (C=O) groups excluding carboxylic acids is 2. The molecule has 0 aliphatic carbocycles. The summed E-state index contributed by atoms with van der Waals surface area (Å²) in [6.07, 6.45) is 0.503. The molecule has 0 saturated heterocycles. The molecule has 1 aromatic carbocycles. The van der Waals surface area contributed by atoms with E-state index >= 15 is 0 Å². The van der Waals surface area contributed by atoms with Crippen LogP contribution in [0.25, 0.3) is 0 Å². The third-order valence-electron chi connectivity index (χ3n) is 4.03. The molecule has 2 amide bonds. The molecule has 0 aliphatic heterocycles. The maximum absolute atomic E-state index is 12.3. The standard InChI is InChI=1S/C16H21ClN2O4/c1-4-16(5-2,15(22)23)9-13(20)19-12-8-10(17)6-7-11(12)14(21)18-3/h6-8H,4-5,9H2,1-3H3,(H,18,21)(H,19,20)(H,22,23). The molecule has 0 radical (unpaired) electrons. The lowest BCUT2D eigenvalue weighted by atomic mass is 9.79. The van der Waals surface area contributed by atoms with Crippen LogP contribution < -0.4 is 10.6 Å². The number of benzene rings is 1. The normalized spacial score (nSPS) is 11.0. The van der Waals surface area contributed by atoms with E-state index in [4.69, 9.17) is 11.6 Å². The molecule has 0 aliphatic rings. The fourth-order valence-electron chi connectivity index (χ4n) is 2.33. The summed E-state index contributed by atoms with van der Waals surface area (Å²) >= 11 is 5.91. The van der Waals surface area contributed by atoms with Crippen molar-refractivity contribution in [3.63, 3.8) is 0 Å². The van der Waals surface area contributed by atoms with E-state index in [2.05, 4.69) is 10.6 Å². The van der Waals surface area contributed by atoms with Crippen molar-refractivity contribution in [3.8, 4) is 0 Å². The van der Waals surface area contributed by atoms with Crippen molar-refractivity contribution in [2.24, 2.45) is 5.41 Å². The number of nitrogens with one attached hydrogen (secondary N) is 2. The largest absolute Gasteiger partial charge is 0.481 e. The summed E-state index contributed by atoms with van der Waals surface area (Å²) in [6, 6.07) is 4.51. The van der Waals surface area contributed by atoms with Gasteiger partial charge in [-0.2, -0.15) is 0 Å². The number of rotatable bonds is 7. The van der Waals surface area contributed by atoms with Gasteiger partial charge in [-0.15, -0.1) is 0 Å². The Morgan fingerprint density at radius 1 is 1.22 bits per heavy atom. The van der Waals surface area contributed by atoms with Crippen molar-refractivity contribution in [1.29, 1.82) is 0 Å². The van der Waals surface area contributed by atoms with Gasteiger partial charge in [-0.05, 0) is 31.0 Å². The minimum absolute atomic E-state index is 0.172. The highest BCUT2D eigenvalue weighted by molar-refractivity contribution is 6.31. The van der Waals surface area contributed by atoms with Gasteiger partial charge in [-0.3, -0.25) is 14.4 Å². The number of carbonyl (C=O) groups is 3. The zero-order valence-corrected chi connectivity index (χ0v) is 14.2. The minimum atomic E-state index is -1.12. The molecular weight excluding hydrogens is 320 g/mol. The summed E-state index contributed by atoms with van der Waals surface area (Å²) in [4.78, 5) is 35.6. The third kappa shape index (κ3) is 4.45. The first-order valence-electron chi connectivity index (χ1n) is 7.34. The molecule has 1 rings (SSSR count). The van der Waals surface area contributed by atoms with Gasteiger partial charge in [-0.25, -0.2) is 0 Å². The molecule has 0 bridgehead atoms. The van der Waals surface area contributed by atoms with Gasteiger partial charge in [0.2, 0.25) is 5.91 Å². The average Bonchev–Trinajstić information content (AvgIpc) is 2.51. The molecule has 23 heavy (non-hydrogen) atoms. The van der Waals surface area contributed by atoms with Crippen molar-refractivity contribution < 1.29 is 19.5 Å². The number of aliphatic carboxylic acids is 1. The van der Waals surface area contributed by atoms with Crippen LogP contribution in [0.4, 0.5) is 5.69 Å². The minimum Gasteiger partial charge on any atom is -0.481 e. The molecule has 1 aromatic rings. The number of carboxylic acids is 1. The fourth-order valence-corrected chi connectivity index (χ4v) is 2.50. The monoisotopic (exact) mass is 340 g/mol. The Balaban J connectivity index is 3.03. The van der Waals surface area contributed by atoms with Gasteiger partial charge in [0.1, 0.15) is 0 Å². The van der Waals surface area contributed by atoms with Gasteiger partial charge >= 0.3 is 5.97 Å². The van der Waals surface area contributed by atoms with Crippen LogP contribution in [-0.4, -0.2) is 29.9 Å². The predicted octanol–water partition coefficient (Wildman–Crippen LogP) is 2.92. The second-order valence-corrected chi connectivity index (χ2v) is 5.72. The maximum Gasteiger partial charge on any atom is 0.310 e. The lowest BCUT2D eigenvalue weighted by Crippen LogP contribution is -2.34. The van der Waals surface area contributed by atoms with Gasteiger partial charge < -0.3 is 15.7 Å². The van der Waals surface area contributed by atoms with Crippen LogP contribution in [0.5, 0.6) is 0 Å². The van der Waals surface area contributed by atoms with E-state index in [0.717, 1.165) is 0 Å². The number of amides is 2. The van der Waals surface area contributed by atoms with Crippen LogP contribution in [0, 0.1) is 5.41 Å². The molecule has 0 aromatic heterocycles. The Hall–Kier alpha value is -2.08. The van der Waals surface area contributed by atoms with Crippen molar-refractivity contribution in [2.75, 3.05) is 12.4 Å². The highest BCUT2D eigenvalue weighted by Crippen LogP contribution is 2.32. The topological polar surface area (TPSA) is 95.5 Å². The zero-order chi connectivity index (χ0) is 17.6. The molecule has 126 valence electrons. The third-order valence-corrected chi connectivity index (χ3v) is 4.27. The SMILES string of the molecule is CCC(CC)(CC(=O)Nc1cc(Cl)ccc1C(=O)NC)C(=O)O. The molecule has 0 saturated carbocycles. The summed E-state index contributed by atoms with van der Waals surface area (Å²) < 4.78 is 0. The quantitative estimate of drug-likeness (QED) is 0.711. The summed E-state index contributed by atoms with van der Waals surface area (Å²) in [5.41, 5.74) is -0.594. The van der Waals surface area contributed by atoms with E-state index in [-0.39, 0.29) is 23.6 Å². The van der Waals surface area contributed by atoms with Crippen molar-refractivity contribution in [2.45, 2.75) is 33.1 Å². The Morgan fingerprint density at radius 2 is 1.83 bits per heavy atom. The van der Waals surface area contributed by atoms with E-state index in [1.165, 1.54) is 19.2 Å². The van der Waals surface area contributed by atoms with Crippen molar-refractivity contribution >= 4 is 35.1 Å². The lowest BCUT2D eigenvalue weighted by molar-refractivity contribution is -0.151. The second-order valence-electron chi connectivity index (χ2n) is 5.29. The summed E-state index contributed by atoms with van der Waals surface area (Å²) in [5.74, 6) is -1.84. The molecule has 0 heterocycles. The number of halogens is 1. The summed E-state index contributed by atoms with van der Waals surface area (Å²) in [6.45, 7) is 3.47. The van der Waals surface area contributed by atoms with Gasteiger partial charge in [-0.1, -0.05) is 25.4 Å². The van der Waals surface area contributed by atoms with Crippen LogP contribution in [0.2, 0.25) is 5.02 Å². The zero-order valence-electron chi connectivity index (χ0n) is 13.4. The average molecular weight is 341 g/mol. The molecule has 6 nitrogen and oxygen atoms in total. The van der Waals surface area contributed by atoms with Crippen LogP contribution in [-0.2, 0) is 9.59 Å². The molecule has 0 atom stereocenters. The van der Waals surface area contributed by atoms with E-state index < -0.39 is 17.3 Å². The van der Waals surface area contributed by atoms with Gasteiger partial charge in [0.05, 0.1) is 16.7 Å².